The fourth-order valence-electron chi connectivity index (χ4n) is 2.30. The van der Waals surface area contributed by atoms with Crippen molar-refractivity contribution >= 4 is 5.82 Å². The average molecular weight is 276 g/mol. The summed E-state index contributed by atoms with van der Waals surface area (Å²) in [4.78, 5) is 11.5. The molecule has 0 saturated heterocycles. The van der Waals surface area contributed by atoms with Gasteiger partial charge in [0.15, 0.2) is 0 Å². The molecule has 4 nitrogen and oxygen atoms in total. The van der Waals surface area contributed by atoms with Gasteiger partial charge in [0, 0.05) is 25.8 Å². The van der Waals surface area contributed by atoms with Crippen LogP contribution in [-0.4, -0.2) is 29.6 Å². The average Bonchev–Trinajstić information content (AvgIpc) is 3.22. The van der Waals surface area contributed by atoms with Gasteiger partial charge < -0.3 is 10.2 Å². The zero-order valence-corrected chi connectivity index (χ0v) is 13.1. The molecule has 20 heavy (non-hydrogen) atoms. The minimum Gasteiger partial charge on any atom is -0.355 e. The number of nitrogens with one attached hydrogen (secondary N) is 1. The van der Waals surface area contributed by atoms with E-state index in [0.29, 0.717) is 5.92 Å². The highest BCUT2D eigenvalue weighted by atomic mass is 15.2. The molecule has 1 N–H and O–H groups in total. The maximum atomic E-state index is 4.77. The molecule has 4 heteroatoms. The van der Waals surface area contributed by atoms with Crippen LogP contribution in [0.2, 0.25) is 0 Å². The van der Waals surface area contributed by atoms with E-state index in [1.165, 1.54) is 12.8 Å². The van der Waals surface area contributed by atoms with Gasteiger partial charge in [-0.25, -0.2) is 4.98 Å². The molecular weight excluding hydrogens is 248 g/mol. The molecule has 0 unspecified atom stereocenters. The van der Waals surface area contributed by atoms with Crippen molar-refractivity contribution in [1.82, 2.24) is 15.3 Å². The molecule has 1 fully saturated rings. The molecule has 0 aliphatic heterocycles. The second kappa shape index (κ2) is 7.58. The molecule has 0 amide bonds. The molecule has 1 heterocycles. The van der Waals surface area contributed by atoms with Crippen molar-refractivity contribution in [2.24, 2.45) is 11.8 Å². The van der Waals surface area contributed by atoms with E-state index >= 15 is 0 Å². The highest BCUT2D eigenvalue weighted by Gasteiger charge is 2.24. The summed E-state index contributed by atoms with van der Waals surface area (Å²) >= 11 is 0. The fourth-order valence-corrected chi connectivity index (χ4v) is 2.30. The van der Waals surface area contributed by atoms with Crippen LogP contribution in [-0.2, 0) is 6.54 Å². The van der Waals surface area contributed by atoms with Crippen LogP contribution < -0.4 is 10.2 Å². The standard InChI is InChI=1S/C16H28N4/c1-4-7-20(12-14-5-6-14)16-11-18-10-15(19-16)9-17-8-13(2)3/h10-11,13-14,17H,4-9,12H2,1-3H3. The van der Waals surface area contributed by atoms with Crippen LogP contribution in [0.4, 0.5) is 5.82 Å². The first kappa shape index (κ1) is 15.2. The minimum absolute atomic E-state index is 0.664. The lowest BCUT2D eigenvalue weighted by molar-refractivity contribution is 0.547. The van der Waals surface area contributed by atoms with Gasteiger partial charge in [0.2, 0.25) is 0 Å². The third-order valence-corrected chi connectivity index (χ3v) is 3.52. The second-order valence-electron chi connectivity index (χ2n) is 6.28. The van der Waals surface area contributed by atoms with Crippen LogP contribution in [0.3, 0.4) is 0 Å². The monoisotopic (exact) mass is 276 g/mol. The first-order chi connectivity index (χ1) is 9.69. The normalized spacial score (nSPS) is 14.8. The topological polar surface area (TPSA) is 41.1 Å². The Balaban J connectivity index is 1.94. The van der Waals surface area contributed by atoms with E-state index in [2.05, 4.69) is 36.0 Å². The zero-order valence-electron chi connectivity index (χ0n) is 13.1. The van der Waals surface area contributed by atoms with Crippen molar-refractivity contribution in [2.75, 3.05) is 24.5 Å². The van der Waals surface area contributed by atoms with Crippen LogP contribution in [0.15, 0.2) is 12.4 Å². The Kier molecular flexibility index (Phi) is 5.77. The number of rotatable bonds is 9. The maximum absolute atomic E-state index is 4.77. The molecule has 1 aliphatic rings. The number of aromatic nitrogens is 2. The van der Waals surface area contributed by atoms with E-state index < -0.39 is 0 Å². The van der Waals surface area contributed by atoms with Gasteiger partial charge >= 0.3 is 0 Å². The molecule has 0 aromatic carbocycles. The maximum Gasteiger partial charge on any atom is 0.147 e. The molecule has 0 bridgehead atoms. The highest BCUT2D eigenvalue weighted by molar-refractivity contribution is 5.36. The summed E-state index contributed by atoms with van der Waals surface area (Å²) in [5.74, 6) is 2.59. The largest absolute Gasteiger partial charge is 0.355 e. The Morgan fingerprint density at radius 2 is 2.15 bits per heavy atom. The lowest BCUT2D eigenvalue weighted by atomic mass is 10.2. The Hall–Kier alpha value is -1.16. The summed E-state index contributed by atoms with van der Waals surface area (Å²) in [7, 11) is 0. The molecule has 1 aromatic rings. The summed E-state index contributed by atoms with van der Waals surface area (Å²) < 4.78 is 0. The first-order valence-corrected chi connectivity index (χ1v) is 7.95. The first-order valence-electron chi connectivity index (χ1n) is 7.95. The van der Waals surface area contributed by atoms with Gasteiger partial charge in [0.25, 0.3) is 0 Å². The van der Waals surface area contributed by atoms with E-state index in [-0.39, 0.29) is 0 Å². The van der Waals surface area contributed by atoms with Crippen molar-refractivity contribution in [3.8, 4) is 0 Å². The highest BCUT2D eigenvalue weighted by Crippen LogP contribution is 2.30. The number of anilines is 1. The van der Waals surface area contributed by atoms with Crippen LogP contribution >= 0.6 is 0 Å². The van der Waals surface area contributed by atoms with Crippen molar-refractivity contribution in [3.63, 3.8) is 0 Å². The minimum atomic E-state index is 0.664. The third-order valence-electron chi connectivity index (χ3n) is 3.52. The lowest BCUT2D eigenvalue weighted by Gasteiger charge is -2.23. The molecule has 1 saturated carbocycles. The molecular formula is C16H28N4. The molecule has 1 aliphatic carbocycles. The quantitative estimate of drug-likeness (QED) is 0.753. The number of hydrogen-bond donors (Lipinski definition) is 1. The second-order valence-corrected chi connectivity index (χ2v) is 6.28. The fraction of sp³-hybridized carbons (Fsp3) is 0.750. The Bertz CT molecular complexity index is 401. The molecule has 112 valence electrons. The third kappa shape index (κ3) is 5.08. The molecule has 0 atom stereocenters. The van der Waals surface area contributed by atoms with E-state index in [9.17, 15) is 0 Å². The Labute approximate surface area is 123 Å². The van der Waals surface area contributed by atoms with Crippen molar-refractivity contribution in [3.05, 3.63) is 18.1 Å². The summed E-state index contributed by atoms with van der Waals surface area (Å²) in [5.41, 5.74) is 1.04. The SMILES string of the molecule is CCCN(CC1CC1)c1cncc(CNCC(C)C)n1. The van der Waals surface area contributed by atoms with E-state index in [1.807, 2.05) is 12.4 Å². The van der Waals surface area contributed by atoms with Gasteiger partial charge in [-0.3, -0.25) is 4.98 Å². The van der Waals surface area contributed by atoms with E-state index in [1.54, 1.807) is 0 Å². The van der Waals surface area contributed by atoms with Gasteiger partial charge in [-0.05, 0) is 37.6 Å². The van der Waals surface area contributed by atoms with Crippen molar-refractivity contribution in [2.45, 2.75) is 46.6 Å². The summed E-state index contributed by atoms with van der Waals surface area (Å²) in [6.07, 6.45) is 7.69. The van der Waals surface area contributed by atoms with Gasteiger partial charge in [-0.15, -0.1) is 0 Å². The van der Waals surface area contributed by atoms with E-state index in [4.69, 9.17) is 4.98 Å². The summed E-state index contributed by atoms with van der Waals surface area (Å²) in [6.45, 7) is 10.7. The van der Waals surface area contributed by atoms with Crippen LogP contribution in [0.1, 0.15) is 45.7 Å². The van der Waals surface area contributed by atoms with Crippen molar-refractivity contribution in [1.29, 1.82) is 0 Å². The van der Waals surface area contributed by atoms with Gasteiger partial charge in [0.05, 0.1) is 11.9 Å². The predicted molar refractivity (Wildman–Crippen MR) is 83.8 cm³/mol. The Morgan fingerprint density at radius 3 is 2.80 bits per heavy atom. The van der Waals surface area contributed by atoms with Gasteiger partial charge in [0.1, 0.15) is 5.82 Å². The molecule has 0 radical (unpaired) electrons. The van der Waals surface area contributed by atoms with Gasteiger partial charge in [-0.1, -0.05) is 20.8 Å². The van der Waals surface area contributed by atoms with Crippen LogP contribution in [0.25, 0.3) is 0 Å². The predicted octanol–water partition coefficient (Wildman–Crippen LogP) is 2.85. The van der Waals surface area contributed by atoms with E-state index in [0.717, 1.165) is 50.0 Å². The van der Waals surface area contributed by atoms with Crippen LogP contribution in [0.5, 0.6) is 0 Å². The summed E-state index contributed by atoms with van der Waals surface area (Å²) in [6, 6.07) is 0. The number of nitrogens with zero attached hydrogens (tertiary/aromatic N) is 3. The van der Waals surface area contributed by atoms with Gasteiger partial charge in [-0.2, -0.15) is 0 Å². The van der Waals surface area contributed by atoms with Crippen LogP contribution in [0, 0.1) is 11.8 Å². The molecule has 1 aromatic heterocycles. The molecule has 2 rings (SSSR count). The smallest absolute Gasteiger partial charge is 0.147 e. The Morgan fingerprint density at radius 1 is 1.35 bits per heavy atom. The zero-order chi connectivity index (χ0) is 14.4. The summed E-state index contributed by atoms with van der Waals surface area (Å²) in [5, 5.41) is 3.43. The molecule has 0 spiro atoms. The lowest BCUT2D eigenvalue weighted by Crippen LogP contribution is -2.28. The number of hydrogen-bond acceptors (Lipinski definition) is 4. The van der Waals surface area contributed by atoms with Crippen molar-refractivity contribution < 1.29 is 0 Å².